The zero-order chi connectivity index (χ0) is 12.4. The van der Waals surface area contributed by atoms with Crippen LogP contribution in [0.3, 0.4) is 0 Å². The van der Waals surface area contributed by atoms with Crippen LogP contribution in [0.2, 0.25) is 0 Å². The fourth-order valence-corrected chi connectivity index (χ4v) is 2.83. The van der Waals surface area contributed by atoms with Crippen LogP contribution in [0.4, 0.5) is 0 Å². The molecule has 1 aliphatic heterocycles. The quantitative estimate of drug-likeness (QED) is 0.898. The van der Waals surface area contributed by atoms with E-state index in [9.17, 15) is 0 Å². The van der Waals surface area contributed by atoms with Crippen molar-refractivity contribution in [1.82, 2.24) is 15.4 Å². The normalized spacial score (nSPS) is 16.1. The molecular weight excluding hydrogens is 246 g/mol. The molecule has 0 unspecified atom stereocenters. The molecule has 96 valence electrons. The maximum atomic E-state index is 5.40. The topological polar surface area (TPSA) is 41.3 Å². The van der Waals surface area contributed by atoms with Crippen molar-refractivity contribution in [3.63, 3.8) is 0 Å². The highest BCUT2D eigenvalue weighted by molar-refractivity contribution is 7.13. The molecule has 3 heterocycles. The first kappa shape index (κ1) is 11.9. The molecule has 5 heteroatoms. The fraction of sp³-hybridized carbons (Fsp3) is 0.462. The minimum Gasteiger partial charge on any atom is -0.355 e. The Bertz CT molecular complexity index is 490. The smallest absolute Gasteiger partial charge is 0.177 e. The van der Waals surface area contributed by atoms with E-state index in [1.807, 2.05) is 6.07 Å². The van der Waals surface area contributed by atoms with E-state index in [0.717, 1.165) is 42.5 Å². The predicted octanol–water partition coefficient (Wildman–Crippen LogP) is 2.20. The summed E-state index contributed by atoms with van der Waals surface area (Å²) >= 11 is 1.68. The second-order valence-electron chi connectivity index (χ2n) is 4.53. The van der Waals surface area contributed by atoms with Gasteiger partial charge in [0, 0.05) is 31.7 Å². The Morgan fingerprint density at radius 3 is 3.06 bits per heavy atom. The van der Waals surface area contributed by atoms with E-state index in [1.54, 1.807) is 11.3 Å². The first-order valence-electron chi connectivity index (χ1n) is 6.31. The van der Waals surface area contributed by atoms with Crippen LogP contribution in [-0.4, -0.2) is 35.7 Å². The number of hydrogen-bond acceptors (Lipinski definition) is 5. The summed E-state index contributed by atoms with van der Waals surface area (Å²) in [5.41, 5.74) is 1.02. The molecule has 0 aliphatic carbocycles. The van der Waals surface area contributed by atoms with Gasteiger partial charge in [-0.2, -0.15) is 0 Å². The number of rotatable bonds is 5. The van der Waals surface area contributed by atoms with E-state index in [1.165, 1.54) is 0 Å². The summed E-state index contributed by atoms with van der Waals surface area (Å²) < 4.78 is 5.40. The van der Waals surface area contributed by atoms with E-state index in [4.69, 9.17) is 4.52 Å². The second kappa shape index (κ2) is 5.22. The third kappa shape index (κ3) is 2.34. The lowest BCUT2D eigenvalue weighted by Crippen LogP contribution is -2.56. The molecule has 1 fully saturated rings. The highest BCUT2D eigenvalue weighted by Gasteiger charge is 2.24. The molecule has 4 nitrogen and oxygen atoms in total. The second-order valence-corrected chi connectivity index (χ2v) is 5.48. The van der Waals surface area contributed by atoms with Gasteiger partial charge in [0.25, 0.3) is 0 Å². The van der Waals surface area contributed by atoms with Gasteiger partial charge in [0.15, 0.2) is 5.76 Å². The molecule has 0 radical (unpaired) electrons. The van der Waals surface area contributed by atoms with Crippen molar-refractivity contribution in [3.8, 4) is 10.6 Å². The van der Waals surface area contributed by atoms with Gasteiger partial charge in [-0.15, -0.1) is 11.3 Å². The van der Waals surface area contributed by atoms with Crippen molar-refractivity contribution in [2.45, 2.75) is 19.5 Å². The molecular formula is C13H17N3OS. The molecule has 18 heavy (non-hydrogen) atoms. The van der Waals surface area contributed by atoms with Crippen LogP contribution in [0.25, 0.3) is 10.6 Å². The predicted molar refractivity (Wildman–Crippen MR) is 72.6 cm³/mol. The van der Waals surface area contributed by atoms with Gasteiger partial charge in [-0.1, -0.05) is 18.1 Å². The average molecular weight is 263 g/mol. The Hall–Kier alpha value is -1.17. The first-order chi connectivity index (χ1) is 8.86. The van der Waals surface area contributed by atoms with Crippen molar-refractivity contribution in [3.05, 3.63) is 29.3 Å². The summed E-state index contributed by atoms with van der Waals surface area (Å²) in [5.74, 6) is 0.878. The minimum absolute atomic E-state index is 0.650. The summed E-state index contributed by atoms with van der Waals surface area (Å²) in [5, 5.41) is 9.53. The highest BCUT2D eigenvalue weighted by atomic mass is 32.1. The lowest BCUT2D eigenvalue weighted by Gasteiger charge is -2.37. The molecule has 0 spiro atoms. The van der Waals surface area contributed by atoms with Crippen LogP contribution in [0.15, 0.2) is 28.1 Å². The van der Waals surface area contributed by atoms with Gasteiger partial charge in [0.1, 0.15) is 0 Å². The van der Waals surface area contributed by atoms with E-state index in [2.05, 4.69) is 39.8 Å². The van der Waals surface area contributed by atoms with E-state index >= 15 is 0 Å². The number of thiophene rings is 1. The summed E-state index contributed by atoms with van der Waals surface area (Å²) in [4.78, 5) is 3.58. The fourth-order valence-electron chi connectivity index (χ4n) is 2.16. The Balaban J connectivity index is 1.69. The Morgan fingerprint density at radius 2 is 2.44 bits per heavy atom. The van der Waals surface area contributed by atoms with Crippen LogP contribution < -0.4 is 5.32 Å². The molecule has 0 saturated carbocycles. The summed E-state index contributed by atoms with van der Waals surface area (Å²) in [6, 6.07) is 6.79. The molecule has 3 rings (SSSR count). The summed E-state index contributed by atoms with van der Waals surface area (Å²) in [6.45, 7) is 6.29. The standard InChI is InChI=1S/C13H17N3OS/c1-2-16(11-7-14-8-11)9-10-6-12(17-15-10)13-4-3-5-18-13/h3-6,11,14H,2,7-9H2,1H3. The van der Waals surface area contributed by atoms with Crippen LogP contribution in [-0.2, 0) is 6.54 Å². The van der Waals surface area contributed by atoms with Crippen LogP contribution in [0.1, 0.15) is 12.6 Å². The van der Waals surface area contributed by atoms with Crippen LogP contribution >= 0.6 is 11.3 Å². The number of nitrogens with zero attached hydrogens (tertiary/aromatic N) is 2. The molecule has 0 bridgehead atoms. The minimum atomic E-state index is 0.650. The Labute approximate surface area is 111 Å². The molecule has 1 aliphatic rings. The summed E-state index contributed by atoms with van der Waals surface area (Å²) in [6.07, 6.45) is 0. The SMILES string of the molecule is CCN(Cc1cc(-c2cccs2)on1)C1CNC1. The molecule has 1 saturated heterocycles. The average Bonchev–Trinajstić information content (AvgIpc) is 2.95. The lowest BCUT2D eigenvalue weighted by atomic mass is 10.1. The van der Waals surface area contributed by atoms with Gasteiger partial charge in [-0.3, -0.25) is 4.90 Å². The van der Waals surface area contributed by atoms with Crippen molar-refractivity contribution < 1.29 is 4.52 Å². The van der Waals surface area contributed by atoms with Gasteiger partial charge in [0.05, 0.1) is 10.6 Å². The van der Waals surface area contributed by atoms with Gasteiger partial charge < -0.3 is 9.84 Å². The lowest BCUT2D eigenvalue weighted by molar-refractivity contribution is 0.142. The molecule has 0 atom stereocenters. The summed E-state index contributed by atoms with van der Waals surface area (Å²) in [7, 11) is 0. The largest absolute Gasteiger partial charge is 0.355 e. The van der Waals surface area contributed by atoms with Crippen molar-refractivity contribution in [1.29, 1.82) is 0 Å². The number of aromatic nitrogens is 1. The van der Waals surface area contributed by atoms with Gasteiger partial charge >= 0.3 is 0 Å². The monoisotopic (exact) mass is 263 g/mol. The number of likely N-dealkylation sites (N-methyl/N-ethyl adjacent to an activating group) is 1. The zero-order valence-corrected chi connectivity index (χ0v) is 11.2. The zero-order valence-electron chi connectivity index (χ0n) is 10.4. The first-order valence-corrected chi connectivity index (χ1v) is 7.19. The molecule has 0 amide bonds. The molecule has 1 N–H and O–H groups in total. The van der Waals surface area contributed by atoms with Crippen molar-refractivity contribution >= 4 is 11.3 Å². The van der Waals surface area contributed by atoms with Crippen LogP contribution in [0.5, 0.6) is 0 Å². The van der Waals surface area contributed by atoms with Gasteiger partial charge in [-0.25, -0.2) is 0 Å². The van der Waals surface area contributed by atoms with Crippen molar-refractivity contribution in [2.75, 3.05) is 19.6 Å². The van der Waals surface area contributed by atoms with Gasteiger partial charge in [0.2, 0.25) is 0 Å². The number of nitrogens with one attached hydrogen (secondary N) is 1. The number of hydrogen-bond donors (Lipinski definition) is 1. The van der Waals surface area contributed by atoms with E-state index in [0.29, 0.717) is 6.04 Å². The maximum Gasteiger partial charge on any atom is 0.177 e. The molecule has 2 aromatic rings. The Kier molecular flexibility index (Phi) is 3.45. The third-order valence-corrected chi connectivity index (χ3v) is 4.25. The van der Waals surface area contributed by atoms with Crippen LogP contribution in [0, 0.1) is 0 Å². The van der Waals surface area contributed by atoms with Gasteiger partial charge in [-0.05, 0) is 18.0 Å². The van der Waals surface area contributed by atoms with E-state index < -0.39 is 0 Å². The highest BCUT2D eigenvalue weighted by Crippen LogP contribution is 2.25. The van der Waals surface area contributed by atoms with E-state index in [-0.39, 0.29) is 0 Å². The Morgan fingerprint density at radius 1 is 1.56 bits per heavy atom. The van der Waals surface area contributed by atoms with Crippen molar-refractivity contribution in [2.24, 2.45) is 0 Å². The molecule has 0 aromatic carbocycles. The molecule has 2 aromatic heterocycles. The maximum absolute atomic E-state index is 5.40. The third-order valence-electron chi connectivity index (χ3n) is 3.37.